The van der Waals surface area contributed by atoms with E-state index in [2.05, 4.69) is 27.7 Å². The summed E-state index contributed by atoms with van der Waals surface area (Å²) in [6.45, 7) is 12.5. The minimum absolute atomic E-state index is 0.598. The van der Waals surface area contributed by atoms with Crippen molar-refractivity contribution < 1.29 is 4.84 Å². The van der Waals surface area contributed by atoms with Crippen molar-refractivity contribution in [2.75, 3.05) is 19.7 Å². The van der Waals surface area contributed by atoms with Crippen molar-refractivity contribution in [1.82, 2.24) is 5.06 Å². The van der Waals surface area contributed by atoms with Crippen LogP contribution < -0.4 is 0 Å². The molecule has 0 fully saturated rings. The highest BCUT2D eigenvalue weighted by Crippen LogP contribution is 1.95. The zero-order valence-corrected chi connectivity index (χ0v) is 7.26. The Morgan fingerprint density at radius 2 is 2.10 bits per heavy atom. The van der Waals surface area contributed by atoms with Crippen LogP contribution in [0, 0.1) is 12.8 Å². The summed E-state index contributed by atoms with van der Waals surface area (Å²) in [7, 11) is 0. The number of hydrogen-bond acceptors (Lipinski definition) is 2. The maximum absolute atomic E-state index is 5.37. The van der Waals surface area contributed by atoms with Gasteiger partial charge in [-0.3, -0.25) is 4.84 Å². The molecule has 0 heterocycles. The van der Waals surface area contributed by atoms with E-state index in [-0.39, 0.29) is 0 Å². The summed E-state index contributed by atoms with van der Waals surface area (Å²) >= 11 is 0. The first-order valence-electron chi connectivity index (χ1n) is 3.87. The first-order chi connectivity index (χ1) is 4.70. The Morgan fingerprint density at radius 1 is 1.50 bits per heavy atom. The summed E-state index contributed by atoms with van der Waals surface area (Å²) in [5, 5.41) is 1.86. The third kappa shape index (κ3) is 4.77. The van der Waals surface area contributed by atoms with E-state index in [1.807, 2.05) is 5.06 Å². The number of nitrogens with zero attached hydrogens (tertiary/aromatic N) is 1. The van der Waals surface area contributed by atoms with Gasteiger partial charge in [-0.05, 0) is 12.8 Å². The maximum atomic E-state index is 5.37. The molecule has 10 heavy (non-hydrogen) atoms. The van der Waals surface area contributed by atoms with Crippen LogP contribution in [0.25, 0.3) is 0 Å². The first-order valence-corrected chi connectivity index (χ1v) is 3.87. The van der Waals surface area contributed by atoms with Gasteiger partial charge in [-0.25, -0.2) is 0 Å². The lowest BCUT2D eigenvalue weighted by atomic mass is 10.2. The smallest absolute Gasteiger partial charge is 0.0708 e. The van der Waals surface area contributed by atoms with Crippen molar-refractivity contribution >= 4 is 0 Å². The summed E-state index contributed by atoms with van der Waals surface area (Å²) in [4.78, 5) is 5.37. The second-order valence-electron chi connectivity index (χ2n) is 2.71. The SMILES string of the molecule is [CH2]CN(CC)OCC(C)C. The Labute approximate surface area is 64.1 Å². The van der Waals surface area contributed by atoms with Crippen molar-refractivity contribution in [3.05, 3.63) is 6.92 Å². The fraction of sp³-hybridized carbons (Fsp3) is 0.875. The van der Waals surface area contributed by atoms with E-state index in [1.54, 1.807) is 0 Å². The van der Waals surface area contributed by atoms with Gasteiger partial charge < -0.3 is 0 Å². The van der Waals surface area contributed by atoms with Crippen LogP contribution in [0.4, 0.5) is 0 Å². The highest BCUT2D eigenvalue weighted by atomic mass is 16.7. The van der Waals surface area contributed by atoms with E-state index in [0.717, 1.165) is 19.7 Å². The molecular formula is C8H18NO. The summed E-state index contributed by atoms with van der Waals surface area (Å²) in [5.74, 6) is 0.598. The maximum Gasteiger partial charge on any atom is 0.0708 e. The molecule has 0 unspecified atom stereocenters. The van der Waals surface area contributed by atoms with E-state index < -0.39 is 0 Å². The van der Waals surface area contributed by atoms with Gasteiger partial charge in [0.1, 0.15) is 0 Å². The average molecular weight is 144 g/mol. The summed E-state index contributed by atoms with van der Waals surface area (Å²) in [6.07, 6.45) is 0. The molecule has 0 bridgehead atoms. The van der Waals surface area contributed by atoms with Gasteiger partial charge >= 0.3 is 0 Å². The van der Waals surface area contributed by atoms with Crippen LogP contribution in [-0.2, 0) is 4.84 Å². The average Bonchev–Trinajstić information content (AvgIpc) is 1.90. The predicted octanol–water partition coefficient (Wildman–Crippen LogP) is 1.73. The molecule has 0 aliphatic heterocycles. The molecule has 0 aliphatic rings. The minimum atomic E-state index is 0.598. The van der Waals surface area contributed by atoms with Gasteiger partial charge in [0.2, 0.25) is 0 Å². The normalized spacial score (nSPS) is 11.4. The molecule has 0 atom stereocenters. The van der Waals surface area contributed by atoms with E-state index in [0.29, 0.717) is 5.92 Å². The molecule has 0 saturated heterocycles. The van der Waals surface area contributed by atoms with Crippen LogP contribution in [0.15, 0.2) is 0 Å². The summed E-state index contributed by atoms with van der Waals surface area (Å²) < 4.78 is 0. The third-order valence-electron chi connectivity index (χ3n) is 1.19. The molecule has 0 N–H and O–H groups in total. The first kappa shape index (κ1) is 9.92. The Morgan fingerprint density at radius 3 is 2.40 bits per heavy atom. The summed E-state index contributed by atoms with van der Waals surface area (Å²) in [6, 6.07) is 0. The second-order valence-corrected chi connectivity index (χ2v) is 2.71. The van der Waals surface area contributed by atoms with Crippen LogP contribution >= 0.6 is 0 Å². The highest BCUT2D eigenvalue weighted by Gasteiger charge is 1.99. The van der Waals surface area contributed by atoms with Gasteiger partial charge in [0.25, 0.3) is 0 Å². The van der Waals surface area contributed by atoms with Crippen LogP contribution in [0.1, 0.15) is 20.8 Å². The highest BCUT2D eigenvalue weighted by molar-refractivity contribution is 4.44. The molecule has 0 spiro atoms. The van der Waals surface area contributed by atoms with Crippen molar-refractivity contribution in [3.63, 3.8) is 0 Å². The van der Waals surface area contributed by atoms with Gasteiger partial charge in [-0.2, -0.15) is 5.06 Å². The van der Waals surface area contributed by atoms with Gasteiger partial charge in [-0.15, -0.1) is 0 Å². The quantitative estimate of drug-likeness (QED) is 0.545. The molecule has 0 rings (SSSR count). The molecule has 0 amide bonds. The second kappa shape index (κ2) is 5.69. The number of rotatable bonds is 5. The molecule has 0 aromatic rings. The molecular weight excluding hydrogens is 126 g/mol. The molecule has 2 nitrogen and oxygen atoms in total. The molecule has 0 aromatic heterocycles. The molecule has 2 heteroatoms. The number of hydrogen-bond donors (Lipinski definition) is 0. The topological polar surface area (TPSA) is 12.5 Å². The summed E-state index contributed by atoms with van der Waals surface area (Å²) in [5.41, 5.74) is 0. The fourth-order valence-electron chi connectivity index (χ4n) is 0.568. The Hall–Kier alpha value is -0.0800. The zero-order valence-electron chi connectivity index (χ0n) is 7.26. The Kier molecular flexibility index (Phi) is 5.64. The van der Waals surface area contributed by atoms with Crippen molar-refractivity contribution in [1.29, 1.82) is 0 Å². The molecule has 1 radical (unpaired) electrons. The standard InChI is InChI=1S/C8H18NO/c1-5-9(6-2)10-7-8(3)4/h8H,1,5-7H2,2-4H3. The van der Waals surface area contributed by atoms with E-state index in [4.69, 9.17) is 4.84 Å². The van der Waals surface area contributed by atoms with Crippen molar-refractivity contribution in [2.45, 2.75) is 20.8 Å². The Balaban J connectivity index is 3.26. The molecule has 0 aromatic carbocycles. The largest absolute Gasteiger partial charge is 0.299 e. The lowest BCUT2D eigenvalue weighted by Crippen LogP contribution is -2.25. The van der Waals surface area contributed by atoms with Crippen LogP contribution in [0.2, 0.25) is 0 Å². The van der Waals surface area contributed by atoms with Gasteiger partial charge in [0.05, 0.1) is 6.61 Å². The van der Waals surface area contributed by atoms with Gasteiger partial charge in [0.15, 0.2) is 0 Å². The van der Waals surface area contributed by atoms with Crippen LogP contribution in [0.3, 0.4) is 0 Å². The Bertz CT molecular complexity index is 69.7. The van der Waals surface area contributed by atoms with Crippen molar-refractivity contribution in [3.8, 4) is 0 Å². The third-order valence-corrected chi connectivity index (χ3v) is 1.19. The van der Waals surface area contributed by atoms with E-state index >= 15 is 0 Å². The van der Waals surface area contributed by atoms with E-state index in [9.17, 15) is 0 Å². The molecule has 0 saturated carbocycles. The zero-order chi connectivity index (χ0) is 7.98. The predicted molar refractivity (Wildman–Crippen MR) is 43.4 cm³/mol. The minimum Gasteiger partial charge on any atom is -0.299 e. The van der Waals surface area contributed by atoms with Crippen molar-refractivity contribution in [2.24, 2.45) is 5.92 Å². The monoisotopic (exact) mass is 144 g/mol. The molecule has 61 valence electrons. The lowest BCUT2D eigenvalue weighted by Gasteiger charge is -2.18. The van der Waals surface area contributed by atoms with Crippen LogP contribution in [0.5, 0.6) is 0 Å². The number of hydroxylamine groups is 2. The van der Waals surface area contributed by atoms with E-state index in [1.165, 1.54) is 0 Å². The van der Waals surface area contributed by atoms with Crippen LogP contribution in [-0.4, -0.2) is 24.8 Å². The lowest BCUT2D eigenvalue weighted by molar-refractivity contribution is -0.157. The fourth-order valence-corrected chi connectivity index (χ4v) is 0.568. The molecule has 0 aliphatic carbocycles. The van der Waals surface area contributed by atoms with Gasteiger partial charge in [0, 0.05) is 13.1 Å². The van der Waals surface area contributed by atoms with Gasteiger partial charge in [-0.1, -0.05) is 20.8 Å².